The monoisotopic (exact) mass is 352 g/mol. The van der Waals surface area contributed by atoms with Crippen molar-refractivity contribution in [1.29, 1.82) is 0 Å². The van der Waals surface area contributed by atoms with Gasteiger partial charge < -0.3 is 15.4 Å². The van der Waals surface area contributed by atoms with E-state index in [1.807, 2.05) is 13.8 Å². The highest BCUT2D eigenvalue weighted by Crippen LogP contribution is 2.34. The number of carbonyl (C=O) groups is 1. The molecule has 0 aromatic heterocycles. The minimum Gasteiger partial charge on any atom is -0.489 e. The Bertz CT molecular complexity index is 730. The zero-order valence-corrected chi connectivity index (χ0v) is 13.9. The molecule has 1 amide bonds. The Labute approximate surface area is 144 Å². The van der Waals surface area contributed by atoms with Crippen LogP contribution in [0.3, 0.4) is 0 Å². The number of halogens is 3. The van der Waals surface area contributed by atoms with Crippen molar-refractivity contribution in [2.45, 2.75) is 26.1 Å². The van der Waals surface area contributed by atoms with E-state index in [0.29, 0.717) is 11.4 Å². The summed E-state index contributed by atoms with van der Waals surface area (Å²) in [6.45, 7) is 3.56. The van der Waals surface area contributed by atoms with Crippen molar-refractivity contribution in [2.24, 2.45) is 0 Å². The molecule has 0 unspecified atom stereocenters. The van der Waals surface area contributed by atoms with E-state index in [1.165, 1.54) is 18.2 Å². The molecule has 0 saturated carbocycles. The molecule has 0 fully saturated rings. The van der Waals surface area contributed by atoms with Crippen molar-refractivity contribution < 1.29 is 22.7 Å². The van der Waals surface area contributed by atoms with Gasteiger partial charge in [-0.05, 0) is 38.1 Å². The van der Waals surface area contributed by atoms with Gasteiger partial charge in [-0.15, -0.1) is 0 Å². The van der Waals surface area contributed by atoms with Crippen molar-refractivity contribution in [3.05, 3.63) is 54.1 Å². The van der Waals surface area contributed by atoms with Gasteiger partial charge in [0.2, 0.25) is 5.91 Å². The van der Waals surface area contributed by atoms with Gasteiger partial charge in [0.25, 0.3) is 0 Å². The maximum atomic E-state index is 12.9. The summed E-state index contributed by atoms with van der Waals surface area (Å²) in [5.41, 5.74) is -0.559. The van der Waals surface area contributed by atoms with Crippen molar-refractivity contribution >= 4 is 17.3 Å². The normalized spacial score (nSPS) is 11.3. The summed E-state index contributed by atoms with van der Waals surface area (Å²) in [6, 6.07) is 11.9. The Morgan fingerprint density at radius 2 is 1.64 bits per heavy atom. The number of ether oxygens (including phenoxy) is 1. The van der Waals surface area contributed by atoms with Crippen LogP contribution >= 0.6 is 0 Å². The maximum Gasteiger partial charge on any atom is 0.418 e. The first-order valence-corrected chi connectivity index (χ1v) is 7.73. The number of carbonyl (C=O) groups excluding carboxylic acids is 1. The van der Waals surface area contributed by atoms with Crippen molar-refractivity contribution in [3.8, 4) is 5.75 Å². The summed E-state index contributed by atoms with van der Waals surface area (Å²) < 4.78 is 44.4. The zero-order valence-electron chi connectivity index (χ0n) is 13.9. The number of hydrogen-bond acceptors (Lipinski definition) is 3. The maximum absolute atomic E-state index is 12.9. The molecule has 0 aliphatic rings. The van der Waals surface area contributed by atoms with E-state index in [1.54, 1.807) is 24.3 Å². The van der Waals surface area contributed by atoms with Crippen LogP contribution < -0.4 is 15.4 Å². The average Bonchev–Trinajstić information content (AvgIpc) is 2.53. The number of rotatable bonds is 6. The van der Waals surface area contributed by atoms with Crippen LogP contribution in [0.1, 0.15) is 19.4 Å². The van der Waals surface area contributed by atoms with Gasteiger partial charge in [-0.2, -0.15) is 13.2 Å². The third-order valence-electron chi connectivity index (χ3n) is 3.20. The van der Waals surface area contributed by atoms with Gasteiger partial charge in [-0.25, -0.2) is 0 Å². The molecule has 0 radical (unpaired) electrons. The lowest BCUT2D eigenvalue weighted by Gasteiger charge is -2.16. The lowest BCUT2D eigenvalue weighted by atomic mass is 10.1. The quantitative estimate of drug-likeness (QED) is 0.802. The number of hydrogen-bond donors (Lipinski definition) is 2. The molecule has 0 bridgehead atoms. The summed E-state index contributed by atoms with van der Waals surface area (Å²) in [4.78, 5) is 12.0. The van der Waals surface area contributed by atoms with Crippen LogP contribution in [-0.2, 0) is 11.0 Å². The minimum atomic E-state index is -4.53. The molecule has 0 heterocycles. The fourth-order valence-electron chi connectivity index (χ4n) is 2.18. The van der Waals surface area contributed by atoms with Crippen LogP contribution in [0.4, 0.5) is 24.5 Å². The number of anilines is 2. The van der Waals surface area contributed by atoms with E-state index >= 15 is 0 Å². The van der Waals surface area contributed by atoms with Gasteiger partial charge in [0.15, 0.2) is 0 Å². The van der Waals surface area contributed by atoms with Gasteiger partial charge in [0.05, 0.1) is 29.6 Å². The minimum absolute atomic E-state index is 0.0459. The van der Waals surface area contributed by atoms with Crippen molar-refractivity contribution in [3.63, 3.8) is 0 Å². The van der Waals surface area contributed by atoms with E-state index in [2.05, 4.69) is 10.6 Å². The topological polar surface area (TPSA) is 50.4 Å². The van der Waals surface area contributed by atoms with Crippen LogP contribution in [0.15, 0.2) is 48.5 Å². The van der Waals surface area contributed by atoms with Crippen LogP contribution in [0.5, 0.6) is 5.75 Å². The molecule has 2 aromatic carbocycles. The number of benzene rings is 2. The highest BCUT2D eigenvalue weighted by molar-refractivity contribution is 5.94. The number of para-hydroxylation sites is 3. The summed E-state index contributed by atoms with van der Waals surface area (Å²) in [5.74, 6) is -0.0166. The molecule has 0 atom stereocenters. The molecule has 134 valence electrons. The van der Waals surface area contributed by atoms with Crippen LogP contribution in [0, 0.1) is 0 Å². The first kappa shape index (κ1) is 18.6. The molecule has 2 aromatic rings. The zero-order chi connectivity index (χ0) is 18.4. The number of alkyl halides is 3. The van der Waals surface area contributed by atoms with Gasteiger partial charge >= 0.3 is 6.18 Å². The third kappa shape index (κ3) is 5.41. The van der Waals surface area contributed by atoms with Gasteiger partial charge in [-0.3, -0.25) is 4.79 Å². The summed E-state index contributed by atoms with van der Waals surface area (Å²) in [5, 5.41) is 5.16. The van der Waals surface area contributed by atoms with E-state index < -0.39 is 17.6 Å². The molecule has 0 spiro atoms. The number of amides is 1. The summed E-state index contributed by atoms with van der Waals surface area (Å²) in [6.07, 6.45) is -4.58. The second kappa shape index (κ2) is 7.92. The smallest absolute Gasteiger partial charge is 0.418 e. The largest absolute Gasteiger partial charge is 0.489 e. The molecule has 4 nitrogen and oxygen atoms in total. The van der Waals surface area contributed by atoms with E-state index in [4.69, 9.17) is 4.74 Å². The Balaban J connectivity index is 2.03. The first-order valence-electron chi connectivity index (χ1n) is 7.73. The van der Waals surface area contributed by atoms with Crippen LogP contribution in [0.25, 0.3) is 0 Å². The van der Waals surface area contributed by atoms with Crippen molar-refractivity contribution in [1.82, 2.24) is 0 Å². The van der Waals surface area contributed by atoms with E-state index in [0.717, 1.165) is 6.07 Å². The molecular weight excluding hydrogens is 333 g/mol. The molecule has 0 aliphatic carbocycles. The molecule has 2 rings (SSSR count). The standard InChI is InChI=1S/C18H19F3N2O2/c1-12(2)25-16-10-6-5-9-15(16)22-11-17(24)23-14-8-4-3-7-13(14)18(19,20)21/h3-10,12,22H,11H2,1-2H3,(H,23,24). The predicted octanol–water partition coefficient (Wildman–Crippen LogP) is 4.54. The number of nitrogens with one attached hydrogen (secondary N) is 2. The lowest BCUT2D eigenvalue weighted by Crippen LogP contribution is -2.24. The highest BCUT2D eigenvalue weighted by Gasteiger charge is 2.33. The summed E-state index contributed by atoms with van der Waals surface area (Å²) in [7, 11) is 0. The Kier molecular flexibility index (Phi) is 5.90. The Hall–Kier alpha value is -2.70. The van der Waals surface area contributed by atoms with Crippen LogP contribution in [-0.4, -0.2) is 18.6 Å². The molecule has 0 aliphatic heterocycles. The van der Waals surface area contributed by atoms with E-state index in [-0.39, 0.29) is 18.3 Å². The van der Waals surface area contributed by atoms with Gasteiger partial charge in [-0.1, -0.05) is 24.3 Å². The molecule has 0 saturated heterocycles. The molecule has 25 heavy (non-hydrogen) atoms. The third-order valence-corrected chi connectivity index (χ3v) is 3.20. The Morgan fingerprint density at radius 3 is 2.28 bits per heavy atom. The SMILES string of the molecule is CC(C)Oc1ccccc1NCC(=O)Nc1ccccc1C(F)(F)F. The fourth-order valence-corrected chi connectivity index (χ4v) is 2.18. The fraction of sp³-hybridized carbons (Fsp3) is 0.278. The van der Waals surface area contributed by atoms with Gasteiger partial charge in [0, 0.05) is 0 Å². The molecular formula is C18H19F3N2O2. The molecule has 7 heteroatoms. The van der Waals surface area contributed by atoms with Crippen molar-refractivity contribution in [2.75, 3.05) is 17.2 Å². The lowest BCUT2D eigenvalue weighted by molar-refractivity contribution is -0.137. The molecule has 2 N–H and O–H groups in total. The van der Waals surface area contributed by atoms with E-state index in [9.17, 15) is 18.0 Å². The highest BCUT2D eigenvalue weighted by atomic mass is 19.4. The second-order valence-electron chi connectivity index (χ2n) is 5.61. The average molecular weight is 352 g/mol. The van der Waals surface area contributed by atoms with Crippen LogP contribution in [0.2, 0.25) is 0 Å². The van der Waals surface area contributed by atoms with Gasteiger partial charge in [0.1, 0.15) is 5.75 Å². The second-order valence-corrected chi connectivity index (χ2v) is 5.61. The Morgan fingerprint density at radius 1 is 1.04 bits per heavy atom. The summed E-state index contributed by atoms with van der Waals surface area (Å²) >= 11 is 0. The first-order chi connectivity index (χ1) is 11.8. The predicted molar refractivity (Wildman–Crippen MR) is 90.8 cm³/mol.